The third-order valence-electron chi connectivity index (χ3n) is 2.93. The molecule has 0 aliphatic heterocycles. The first-order valence-electron chi connectivity index (χ1n) is 6.30. The molecule has 1 aromatic carbocycles. The monoisotopic (exact) mass is 297 g/mol. The first kappa shape index (κ1) is 14.9. The van der Waals surface area contributed by atoms with Crippen molar-refractivity contribution in [2.45, 2.75) is 18.9 Å². The summed E-state index contributed by atoms with van der Waals surface area (Å²) in [6.45, 7) is -0.308. The summed E-state index contributed by atoms with van der Waals surface area (Å²) in [5, 5.41) is 2.47. The Balaban J connectivity index is 1.99. The van der Waals surface area contributed by atoms with Gasteiger partial charge < -0.3 is 10.6 Å². The lowest BCUT2D eigenvalue weighted by Crippen LogP contribution is -2.23. The van der Waals surface area contributed by atoms with Gasteiger partial charge in [-0.2, -0.15) is 0 Å². The number of benzene rings is 1. The summed E-state index contributed by atoms with van der Waals surface area (Å²) in [6.07, 6.45) is -1.76. The van der Waals surface area contributed by atoms with Crippen molar-refractivity contribution >= 4 is 16.5 Å². The molecule has 0 saturated heterocycles. The number of nitrogens with two attached hydrogens (primary N) is 1. The SMILES string of the molecule is CN(CC(F)F)c1nc(CC(N)c2ccccc2)cs1. The zero-order chi connectivity index (χ0) is 14.5. The van der Waals surface area contributed by atoms with E-state index in [4.69, 9.17) is 5.73 Å². The molecule has 0 bridgehead atoms. The Morgan fingerprint density at radius 3 is 2.65 bits per heavy atom. The molecule has 2 aromatic rings. The van der Waals surface area contributed by atoms with E-state index < -0.39 is 6.43 Å². The van der Waals surface area contributed by atoms with Crippen molar-refractivity contribution in [1.29, 1.82) is 0 Å². The summed E-state index contributed by atoms with van der Waals surface area (Å²) in [5.74, 6) is 0. The van der Waals surface area contributed by atoms with Gasteiger partial charge in [-0.15, -0.1) is 11.3 Å². The molecule has 0 radical (unpaired) electrons. The molecule has 0 fully saturated rings. The maximum Gasteiger partial charge on any atom is 0.255 e. The third kappa shape index (κ3) is 3.98. The highest BCUT2D eigenvalue weighted by molar-refractivity contribution is 7.13. The fourth-order valence-electron chi connectivity index (χ4n) is 1.89. The second-order valence-corrected chi connectivity index (χ2v) is 5.45. The van der Waals surface area contributed by atoms with E-state index in [0.717, 1.165) is 11.3 Å². The summed E-state index contributed by atoms with van der Waals surface area (Å²) in [7, 11) is 1.62. The summed E-state index contributed by atoms with van der Waals surface area (Å²) < 4.78 is 24.6. The van der Waals surface area contributed by atoms with Crippen LogP contribution >= 0.6 is 11.3 Å². The molecule has 3 nitrogen and oxygen atoms in total. The number of hydrogen-bond donors (Lipinski definition) is 1. The quantitative estimate of drug-likeness (QED) is 0.891. The molecule has 2 N–H and O–H groups in total. The van der Waals surface area contributed by atoms with Gasteiger partial charge in [0.15, 0.2) is 5.13 Å². The Hall–Kier alpha value is -1.53. The number of anilines is 1. The van der Waals surface area contributed by atoms with Crippen LogP contribution in [0.4, 0.5) is 13.9 Å². The van der Waals surface area contributed by atoms with Gasteiger partial charge in [-0.3, -0.25) is 0 Å². The Labute approximate surface area is 121 Å². The van der Waals surface area contributed by atoms with Crippen LogP contribution in [-0.4, -0.2) is 25.0 Å². The molecule has 1 unspecified atom stereocenters. The number of alkyl halides is 2. The van der Waals surface area contributed by atoms with Crippen LogP contribution in [0, 0.1) is 0 Å². The summed E-state index contributed by atoms with van der Waals surface area (Å²) in [6, 6.07) is 9.64. The lowest BCUT2D eigenvalue weighted by molar-refractivity contribution is 0.156. The number of halogens is 2. The largest absolute Gasteiger partial charge is 0.345 e. The van der Waals surface area contributed by atoms with E-state index in [9.17, 15) is 8.78 Å². The smallest absolute Gasteiger partial charge is 0.255 e. The second kappa shape index (κ2) is 6.76. The molecule has 0 aliphatic carbocycles. The van der Waals surface area contributed by atoms with Gasteiger partial charge >= 0.3 is 0 Å². The molecule has 6 heteroatoms. The molecular formula is C14H17F2N3S. The standard InChI is InChI=1S/C14H17F2N3S/c1-19(8-13(15)16)14-18-11(9-20-14)7-12(17)10-5-3-2-4-6-10/h2-6,9,12-13H,7-8,17H2,1H3. The van der Waals surface area contributed by atoms with Gasteiger partial charge in [-0.25, -0.2) is 13.8 Å². The van der Waals surface area contributed by atoms with E-state index >= 15 is 0 Å². The molecule has 0 aliphatic rings. The Morgan fingerprint density at radius 2 is 2.00 bits per heavy atom. The van der Waals surface area contributed by atoms with Gasteiger partial charge in [-0.1, -0.05) is 30.3 Å². The lowest BCUT2D eigenvalue weighted by atomic mass is 10.0. The van der Waals surface area contributed by atoms with Gasteiger partial charge in [0.05, 0.1) is 12.2 Å². The molecule has 0 saturated carbocycles. The van der Waals surface area contributed by atoms with Gasteiger partial charge in [0.2, 0.25) is 0 Å². The summed E-state index contributed by atoms with van der Waals surface area (Å²) in [5.41, 5.74) is 8.00. The van der Waals surface area contributed by atoms with Crippen LogP contribution in [-0.2, 0) is 6.42 Å². The summed E-state index contributed by atoms with van der Waals surface area (Å²) >= 11 is 1.36. The highest BCUT2D eigenvalue weighted by atomic mass is 32.1. The molecule has 20 heavy (non-hydrogen) atoms. The van der Waals surface area contributed by atoms with E-state index in [1.165, 1.54) is 16.2 Å². The molecule has 108 valence electrons. The Kier molecular flexibility index (Phi) is 5.03. The Bertz CT molecular complexity index is 530. The maximum absolute atomic E-state index is 12.3. The fourth-order valence-corrected chi connectivity index (χ4v) is 2.71. The van der Waals surface area contributed by atoms with Crippen LogP contribution in [0.3, 0.4) is 0 Å². The van der Waals surface area contributed by atoms with Gasteiger partial charge in [0, 0.05) is 24.9 Å². The number of rotatable bonds is 6. The average Bonchev–Trinajstić information content (AvgIpc) is 2.87. The van der Waals surface area contributed by atoms with Crippen molar-refractivity contribution in [2.75, 3.05) is 18.5 Å². The average molecular weight is 297 g/mol. The molecule has 0 spiro atoms. The van der Waals surface area contributed by atoms with Gasteiger partial charge in [0.1, 0.15) is 0 Å². The Morgan fingerprint density at radius 1 is 1.30 bits per heavy atom. The molecule has 1 heterocycles. The summed E-state index contributed by atoms with van der Waals surface area (Å²) in [4.78, 5) is 5.82. The third-order valence-corrected chi connectivity index (χ3v) is 3.94. The second-order valence-electron chi connectivity index (χ2n) is 4.61. The molecule has 1 atom stereocenters. The van der Waals surface area contributed by atoms with Gasteiger partial charge in [0.25, 0.3) is 6.43 Å². The topological polar surface area (TPSA) is 42.2 Å². The molecular weight excluding hydrogens is 280 g/mol. The van der Waals surface area contributed by atoms with E-state index in [1.807, 2.05) is 35.7 Å². The predicted octanol–water partition coefficient (Wildman–Crippen LogP) is 3.09. The van der Waals surface area contributed by atoms with E-state index in [1.54, 1.807) is 7.05 Å². The van der Waals surface area contributed by atoms with E-state index in [0.29, 0.717) is 11.6 Å². The number of aromatic nitrogens is 1. The molecule has 0 amide bonds. The van der Waals surface area contributed by atoms with Crippen molar-refractivity contribution in [3.8, 4) is 0 Å². The highest BCUT2D eigenvalue weighted by Gasteiger charge is 2.14. The number of hydrogen-bond acceptors (Lipinski definition) is 4. The van der Waals surface area contributed by atoms with Crippen LogP contribution in [0.2, 0.25) is 0 Å². The maximum atomic E-state index is 12.3. The van der Waals surface area contributed by atoms with Crippen LogP contribution < -0.4 is 10.6 Å². The zero-order valence-corrected chi connectivity index (χ0v) is 12.0. The van der Waals surface area contributed by atoms with Crippen molar-refractivity contribution in [3.05, 3.63) is 47.0 Å². The van der Waals surface area contributed by atoms with Crippen LogP contribution in [0.1, 0.15) is 17.3 Å². The van der Waals surface area contributed by atoms with Crippen LogP contribution in [0.5, 0.6) is 0 Å². The first-order chi connectivity index (χ1) is 9.56. The lowest BCUT2D eigenvalue weighted by Gasteiger charge is -2.14. The van der Waals surface area contributed by atoms with Crippen molar-refractivity contribution < 1.29 is 8.78 Å². The fraction of sp³-hybridized carbons (Fsp3) is 0.357. The predicted molar refractivity (Wildman–Crippen MR) is 78.5 cm³/mol. The van der Waals surface area contributed by atoms with E-state index in [2.05, 4.69) is 4.98 Å². The van der Waals surface area contributed by atoms with Crippen molar-refractivity contribution in [2.24, 2.45) is 5.73 Å². The molecule has 1 aromatic heterocycles. The van der Waals surface area contributed by atoms with Crippen LogP contribution in [0.25, 0.3) is 0 Å². The van der Waals surface area contributed by atoms with Crippen LogP contribution in [0.15, 0.2) is 35.7 Å². The first-order valence-corrected chi connectivity index (χ1v) is 7.18. The highest BCUT2D eigenvalue weighted by Crippen LogP contribution is 2.23. The normalized spacial score (nSPS) is 12.7. The minimum Gasteiger partial charge on any atom is -0.345 e. The van der Waals surface area contributed by atoms with Gasteiger partial charge in [-0.05, 0) is 5.56 Å². The number of thiazole rings is 1. The van der Waals surface area contributed by atoms with Crippen molar-refractivity contribution in [3.63, 3.8) is 0 Å². The minimum absolute atomic E-state index is 0.133. The number of nitrogens with zero attached hydrogens (tertiary/aromatic N) is 2. The van der Waals surface area contributed by atoms with E-state index in [-0.39, 0.29) is 12.6 Å². The zero-order valence-electron chi connectivity index (χ0n) is 11.2. The van der Waals surface area contributed by atoms with Crippen molar-refractivity contribution in [1.82, 2.24) is 4.98 Å². The minimum atomic E-state index is -2.36. The molecule has 2 rings (SSSR count).